The van der Waals surface area contributed by atoms with Gasteiger partial charge in [-0.1, -0.05) is 17.7 Å². The Labute approximate surface area is 114 Å². The quantitative estimate of drug-likeness (QED) is 0.492. The highest BCUT2D eigenvalue weighted by molar-refractivity contribution is 9.10. The number of nitrogens with one attached hydrogen (secondary N) is 1. The molecule has 0 bridgehead atoms. The molecule has 0 saturated carbocycles. The Kier molecular flexibility index (Phi) is 5.00. The lowest BCUT2D eigenvalue weighted by atomic mass is 10.3. The van der Waals surface area contributed by atoms with Gasteiger partial charge in [0.1, 0.15) is 0 Å². The van der Waals surface area contributed by atoms with Crippen molar-refractivity contribution in [2.45, 2.75) is 11.3 Å². The molecule has 1 aromatic rings. The van der Waals surface area contributed by atoms with Crippen molar-refractivity contribution < 1.29 is 8.42 Å². The minimum absolute atomic E-state index is 0.0339. The van der Waals surface area contributed by atoms with Crippen molar-refractivity contribution >= 4 is 43.2 Å². The third-order valence-electron chi connectivity index (χ3n) is 1.96. The van der Waals surface area contributed by atoms with Crippen LogP contribution in [0.4, 0.5) is 5.69 Å². The number of rotatable bonds is 5. The second kappa shape index (κ2) is 5.86. The second-order valence-electron chi connectivity index (χ2n) is 3.28. The van der Waals surface area contributed by atoms with Crippen LogP contribution in [-0.2, 0) is 10.0 Å². The zero-order valence-electron chi connectivity index (χ0n) is 8.91. The van der Waals surface area contributed by atoms with Crippen molar-refractivity contribution in [1.29, 1.82) is 0 Å². The normalized spacial score (nSPS) is 11.4. The summed E-state index contributed by atoms with van der Waals surface area (Å²) < 4.78 is 26.6. The minimum atomic E-state index is -3.62. The highest BCUT2D eigenvalue weighted by Crippen LogP contribution is 2.31. The van der Waals surface area contributed by atoms with Gasteiger partial charge in [0, 0.05) is 17.3 Å². The van der Waals surface area contributed by atoms with Gasteiger partial charge in [0.05, 0.1) is 9.37 Å². The maximum Gasteiger partial charge on any atom is 0.241 e. The van der Waals surface area contributed by atoms with Gasteiger partial charge in [-0.15, -0.1) is 6.58 Å². The van der Waals surface area contributed by atoms with E-state index in [4.69, 9.17) is 17.3 Å². The SMILES string of the molecule is C=CCCNS(=O)(=O)c1cc(Cl)cc(N)c1Br. The summed E-state index contributed by atoms with van der Waals surface area (Å²) in [5.74, 6) is 0. The Morgan fingerprint density at radius 3 is 2.76 bits per heavy atom. The molecule has 3 N–H and O–H groups in total. The summed E-state index contributed by atoms with van der Waals surface area (Å²) in [4.78, 5) is 0.0339. The van der Waals surface area contributed by atoms with Crippen LogP contribution in [0.3, 0.4) is 0 Å². The highest BCUT2D eigenvalue weighted by Gasteiger charge is 2.19. The molecule has 0 fully saturated rings. The molecule has 0 unspecified atom stereocenters. The third-order valence-corrected chi connectivity index (χ3v) is 4.81. The first-order valence-corrected chi connectivity index (χ1v) is 7.39. The van der Waals surface area contributed by atoms with Crippen LogP contribution in [0.25, 0.3) is 0 Å². The first kappa shape index (κ1) is 14.5. The summed E-state index contributed by atoms with van der Waals surface area (Å²) in [7, 11) is -3.62. The Bertz CT molecular complexity index is 531. The zero-order chi connectivity index (χ0) is 13.1. The number of anilines is 1. The number of sulfonamides is 1. The monoisotopic (exact) mass is 338 g/mol. The van der Waals surface area contributed by atoms with Gasteiger partial charge in [0.25, 0.3) is 0 Å². The lowest BCUT2D eigenvalue weighted by Crippen LogP contribution is -2.25. The fourth-order valence-electron chi connectivity index (χ4n) is 1.15. The Balaban J connectivity index is 3.10. The van der Waals surface area contributed by atoms with E-state index in [9.17, 15) is 8.42 Å². The van der Waals surface area contributed by atoms with Gasteiger partial charge < -0.3 is 5.73 Å². The van der Waals surface area contributed by atoms with Crippen molar-refractivity contribution in [3.05, 3.63) is 34.3 Å². The number of hydrogen-bond donors (Lipinski definition) is 2. The summed E-state index contributed by atoms with van der Waals surface area (Å²) in [5, 5.41) is 0.273. The lowest BCUT2D eigenvalue weighted by Gasteiger charge is -2.10. The topological polar surface area (TPSA) is 72.2 Å². The molecule has 0 aliphatic rings. The van der Waals surface area contributed by atoms with E-state index in [1.54, 1.807) is 6.08 Å². The van der Waals surface area contributed by atoms with E-state index in [0.717, 1.165) is 0 Å². The zero-order valence-corrected chi connectivity index (χ0v) is 12.1. The van der Waals surface area contributed by atoms with Crippen LogP contribution in [0.1, 0.15) is 6.42 Å². The Morgan fingerprint density at radius 2 is 2.18 bits per heavy atom. The predicted octanol–water partition coefficient (Wildman–Crippen LogP) is 2.54. The van der Waals surface area contributed by atoms with Crippen molar-refractivity contribution in [2.75, 3.05) is 12.3 Å². The van der Waals surface area contributed by atoms with Crippen LogP contribution in [0, 0.1) is 0 Å². The molecular formula is C10H12BrClN2O2S. The molecule has 0 saturated heterocycles. The van der Waals surface area contributed by atoms with Gasteiger partial charge in [0.2, 0.25) is 10.0 Å². The first-order valence-electron chi connectivity index (χ1n) is 4.73. The van der Waals surface area contributed by atoms with E-state index in [0.29, 0.717) is 10.9 Å². The average molecular weight is 340 g/mol. The van der Waals surface area contributed by atoms with Gasteiger partial charge >= 0.3 is 0 Å². The molecule has 0 spiro atoms. The summed E-state index contributed by atoms with van der Waals surface area (Å²) in [6, 6.07) is 2.83. The third kappa shape index (κ3) is 3.70. The molecule has 7 heteroatoms. The molecule has 1 aromatic carbocycles. The average Bonchev–Trinajstić information content (AvgIpc) is 2.23. The van der Waals surface area contributed by atoms with E-state index in [1.807, 2.05) is 0 Å². The molecule has 4 nitrogen and oxygen atoms in total. The van der Waals surface area contributed by atoms with E-state index in [-0.39, 0.29) is 22.2 Å². The van der Waals surface area contributed by atoms with E-state index in [1.165, 1.54) is 12.1 Å². The predicted molar refractivity (Wildman–Crippen MR) is 73.6 cm³/mol. The van der Waals surface area contributed by atoms with Crippen molar-refractivity contribution in [2.24, 2.45) is 0 Å². The number of halogens is 2. The molecule has 17 heavy (non-hydrogen) atoms. The number of nitrogen functional groups attached to an aromatic ring is 1. The number of nitrogens with two attached hydrogens (primary N) is 1. The first-order chi connectivity index (χ1) is 7.88. The minimum Gasteiger partial charge on any atom is -0.398 e. The lowest BCUT2D eigenvalue weighted by molar-refractivity contribution is 0.581. The van der Waals surface area contributed by atoms with Crippen molar-refractivity contribution in [1.82, 2.24) is 4.72 Å². The van der Waals surface area contributed by atoms with Crippen LogP contribution in [0.5, 0.6) is 0 Å². The Hall–Kier alpha value is -0.560. The van der Waals surface area contributed by atoms with Gasteiger partial charge in [-0.3, -0.25) is 0 Å². The smallest absolute Gasteiger partial charge is 0.241 e. The van der Waals surface area contributed by atoms with E-state index in [2.05, 4.69) is 27.2 Å². The fraction of sp³-hybridized carbons (Fsp3) is 0.200. The standard InChI is InChI=1S/C10H12BrClN2O2S/c1-2-3-4-14-17(15,16)9-6-7(12)5-8(13)10(9)11/h2,5-6,14H,1,3-4,13H2. The fourth-order valence-corrected chi connectivity index (χ4v) is 3.49. The van der Waals surface area contributed by atoms with Crippen LogP contribution in [0.15, 0.2) is 34.2 Å². The molecular weight excluding hydrogens is 328 g/mol. The van der Waals surface area contributed by atoms with Crippen LogP contribution < -0.4 is 10.5 Å². The van der Waals surface area contributed by atoms with Crippen molar-refractivity contribution in [3.8, 4) is 0 Å². The molecule has 0 amide bonds. The van der Waals surface area contributed by atoms with Crippen molar-refractivity contribution in [3.63, 3.8) is 0 Å². The van der Waals surface area contributed by atoms with E-state index >= 15 is 0 Å². The van der Waals surface area contributed by atoms with Gasteiger partial charge in [-0.25, -0.2) is 13.1 Å². The number of benzene rings is 1. The molecule has 0 aromatic heterocycles. The molecule has 0 atom stereocenters. The summed E-state index contributed by atoms with van der Waals surface area (Å²) in [6.45, 7) is 3.80. The summed E-state index contributed by atoms with van der Waals surface area (Å²) >= 11 is 8.92. The largest absolute Gasteiger partial charge is 0.398 e. The molecule has 0 radical (unpaired) electrons. The van der Waals surface area contributed by atoms with Crippen LogP contribution in [0.2, 0.25) is 5.02 Å². The van der Waals surface area contributed by atoms with Crippen LogP contribution >= 0.6 is 27.5 Å². The van der Waals surface area contributed by atoms with Gasteiger partial charge in [-0.2, -0.15) is 0 Å². The summed E-state index contributed by atoms with van der Waals surface area (Å²) in [6.07, 6.45) is 2.18. The number of hydrogen-bond acceptors (Lipinski definition) is 3. The van der Waals surface area contributed by atoms with Gasteiger partial charge in [0.15, 0.2) is 0 Å². The maximum atomic E-state index is 11.9. The molecule has 0 aliphatic heterocycles. The molecule has 94 valence electrons. The van der Waals surface area contributed by atoms with E-state index < -0.39 is 10.0 Å². The highest BCUT2D eigenvalue weighted by atomic mass is 79.9. The Morgan fingerprint density at radius 1 is 1.53 bits per heavy atom. The molecule has 0 aliphatic carbocycles. The maximum absolute atomic E-state index is 11.9. The van der Waals surface area contributed by atoms with Crippen LogP contribution in [-0.4, -0.2) is 15.0 Å². The summed E-state index contributed by atoms with van der Waals surface area (Å²) in [5.41, 5.74) is 5.91. The molecule has 1 rings (SSSR count). The molecule has 0 heterocycles. The second-order valence-corrected chi connectivity index (χ2v) is 6.25. The van der Waals surface area contributed by atoms with Gasteiger partial charge in [-0.05, 0) is 34.5 Å².